The van der Waals surface area contributed by atoms with Crippen LogP contribution in [0.15, 0.2) is 48.7 Å². The predicted octanol–water partition coefficient (Wildman–Crippen LogP) is 4.59. The van der Waals surface area contributed by atoms with Crippen LogP contribution in [0.2, 0.25) is 5.02 Å². The van der Waals surface area contributed by atoms with Crippen LogP contribution >= 0.6 is 19.5 Å². The molecule has 0 atom stereocenters. The van der Waals surface area contributed by atoms with Gasteiger partial charge in [0.15, 0.2) is 5.82 Å². The van der Waals surface area contributed by atoms with Gasteiger partial charge in [-0.05, 0) is 48.0 Å². The number of aromatic nitrogens is 2. The number of halogens is 1. The molecule has 27 heavy (non-hydrogen) atoms. The van der Waals surface area contributed by atoms with E-state index in [2.05, 4.69) is 69.6 Å². The summed E-state index contributed by atoms with van der Waals surface area (Å²) in [5.41, 5.74) is 4.65. The van der Waals surface area contributed by atoms with Crippen LogP contribution in [-0.2, 0) is 13.1 Å². The van der Waals surface area contributed by atoms with Gasteiger partial charge in [0.05, 0.1) is 6.20 Å². The van der Waals surface area contributed by atoms with E-state index >= 15 is 0 Å². The molecule has 138 valence electrons. The van der Waals surface area contributed by atoms with E-state index < -0.39 is 0 Å². The van der Waals surface area contributed by atoms with Gasteiger partial charge in [-0.25, -0.2) is 4.98 Å². The first-order valence-electron chi connectivity index (χ1n) is 8.75. The van der Waals surface area contributed by atoms with Gasteiger partial charge in [0.25, 0.3) is 0 Å². The van der Waals surface area contributed by atoms with Gasteiger partial charge in [-0.15, -0.1) is 0 Å². The van der Waals surface area contributed by atoms with Gasteiger partial charge in [0.1, 0.15) is 5.02 Å². The molecule has 3 aromatic rings. The molecule has 0 aliphatic carbocycles. The summed E-state index contributed by atoms with van der Waals surface area (Å²) in [7, 11) is -0.243. The Hall–Kier alpha value is -2.20. The largest absolute Gasteiger partial charge is 0.338 e. The van der Waals surface area contributed by atoms with E-state index in [-0.39, 0.29) is 7.92 Å². The minimum Gasteiger partial charge on any atom is -0.338 e. The first kappa shape index (κ1) is 18.2. The lowest BCUT2D eigenvalue weighted by molar-refractivity contribution is 0.765. The van der Waals surface area contributed by atoms with Crippen molar-refractivity contribution in [1.29, 1.82) is 0 Å². The van der Waals surface area contributed by atoms with E-state index in [1.165, 1.54) is 16.4 Å². The number of hydrogen-bond acceptors (Lipinski definition) is 5. The molecule has 0 fully saturated rings. The lowest BCUT2D eigenvalue weighted by atomic mass is 10.1. The van der Waals surface area contributed by atoms with Crippen molar-refractivity contribution < 1.29 is 0 Å². The molecule has 1 aliphatic rings. The average molecular weight is 398 g/mol. The Morgan fingerprint density at radius 2 is 1.85 bits per heavy atom. The zero-order valence-corrected chi connectivity index (χ0v) is 16.9. The Morgan fingerprint density at radius 1 is 1.04 bits per heavy atom. The molecule has 0 unspecified atom stereocenters. The second-order valence-corrected chi connectivity index (χ2v) is 9.32. The Kier molecular flexibility index (Phi) is 5.26. The Bertz CT molecular complexity index is 976. The molecule has 1 aromatic heterocycles. The average Bonchev–Trinajstić information content (AvgIpc) is 3.12. The molecule has 0 spiro atoms. The first-order chi connectivity index (χ1) is 13.1. The molecule has 3 N–H and O–H groups in total. The minimum absolute atomic E-state index is 0.243. The molecule has 0 saturated carbocycles. The summed E-state index contributed by atoms with van der Waals surface area (Å²) in [6.45, 7) is 6.28. The van der Waals surface area contributed by atoms with Crippen LogP contribution in [0.4, 0.5) is 23.1 Å². The van der Waals surface area contributed by atoms with Crippen molar-refractivity contribution in [2.24, 2.45) is 0 Å². The number of fused-ring (bicyclic) bond motifs is 1. The van der Waals surface area contributed by atoms with E-state index in [4.69, 9.17) is 11.6 Å². The fourth-order valence-corrected chi connectivity index (χ4v) is 4.25. The van der Waals surface area contributed by atoms with Crippen LogP contribution in [-0.4, -0.2) is 23.3 Å². The van der Waals surface area contributed by atoms with Crippen LogP contribution in [0.25, 0.3) is 0 Å². The fourth-order valence-electron chi connectivity index (χ4n) is 3.11. The topological polar surface area (TPSA) is 61.9 Å². The minimum atomic E-state index is -0.243. The van der Waals surface area contributed by atoms with Crippen molar-refractivity contribution in [3.8, 4) is 0 Å². The lowest BCUT2D eigenvalue weighted by Crippen LogP contribution is -2.09. The molecule has 0 saturated heterocycles. The monoisotopic (exact) mass is 397 g/mol. The molecule has 0 bridgehead atoms. The molecular weight excluding hydrogens is 377 g/mol. The van der Waals surface area contributed by atoms with Crippen LogP contribution in [0.1, 0.15) is 11.1 Å². The number of anilines is 4. The van der Waals surface area contributed by atoms with E-state index in [1.54, 1.807) is 6.20 Å². The summed E-state index contributed by atoms with van der Waals surface area (Å²) in [4.78, 5) is 8.90. The third-order valence-electron chi connectivity index (χ3n) is 4.48. The number of nitrogens with one attached hydrogen (secondary N) is 3. The smallest absolute Gasteiger partial charge is 0.229 e. The van der Waals surface area contributed by atoms with Crippen LogP contribution in [0.3, 0.4) is 0 Å². The maximum Gasteiger partial charge on any atom is 0.229 e. The highest BCUT2D eigenvalue weighted by molar-refractivity contribution is 7.64. The molecule has 1 aliphatic heterocycles. The van der Waals surface area contributed by atoms with E-state index in [1.807, 2.05) is 12.1 Å². The fraction of sp³-hybridized carbons (Fsp3) is 0.200. The summed E-state index contributed by atoms with van der Waals surface area (Å²) < 4.78 is 0. The van der Waals surface area contributed by atoms with Crippen molar-refractivity contribution >= 4 is 48.0 Å². The van der Waals surface area contributed by atoms with E-state index in [9.17, 15) is 0 Å². The molecule has 0 radical (unpaired) electrons. The lowest BCUT2D eigenvalue weighted by Gasteiger charge is -2.15. The maximum atomic E-state index is 6.34. The summed E-state index contributed by atoms with van der Waals surface area (Å²) in [5, 5.41) is 11.8. The van der Waals surface area contributed by atoms with Crippen molar-refractivity contribution in [3.63, 3.8) is 0 Å². The van der Waals surface area contributed by atoms with Gasteiger partial charge in [-0.2, -0.15) is 4.98 Å². The van der Waals surface area contributed by atoms with E-state index in [0.717, 1.165) is 24.5 Å². The molecule has 4 rings (SSSR count). The van der Waals surface area contributed by atoms with Crippen molar-refractivity contribution in [2.45, 2.75) is 13.1 Å². The molecular formula is C20H21ClN5P. The van der Waals surface area contributed by atoms with Crippen molar-refractivity contribution in [2.75, 3.05) is 24.0 Å². The first-order valence-corrected chi connectivity index (χ1v) is 11.4. The van der Waals surface area contributed by atoms with Gasteiger partial charge in [0, 0.05) is 24.5 Å². The van der Waals surface area contributed by atoms with Gasteiger partial charge in [-0.3, -0.25) is 0 Å². The zero-order valence-electron chi connectivity index (χ0n) is 15.3. The zero-order chi connectivity index (χ0) is 18.8. The highest BCUT2D eigenvalue weighted by Crippen LogP contribution is 2.31. The molecule has 2 heterocycles. The SMILES string of the molecule is CP(C)c1ccccc1Nc1nc(Nc2ccc3c(c2)CNC3)ncc1Cl. The normalized spacial score (nSPS) is 12.9. The maximum absolute atomic E-state index is 6.34. The summed E-state index contributed by atoms with van der Waals surface area (Å²) in [5.74, 6) is 1.11. The number of para-hydroxylation sites is 1. The van der Waals surface area contributed by atoms with Crippen LogP contribution < -0.4 is 21.3 Å². The predicted molar refractivity (Wildman–Crippen MR) is 115 cm³/mol. The summed E-state index contributed by atoms with van der Waals surface area (Å²) in [6, 6.07) is 14.6. The number of nitrogens with zero attached hydrogens (tertiary/aromatic N) is 2. The highest BCUT2D eigenvalue weighted by Gasteiger charge is 2.12. The van der Waals surface area contributed by atoms with Gasteiger partial charge >= 0.3 is 0 Å². The summed E-state index contributed by atoms with van der Waals surface area (Å²) in [6.07, 6.45) is 1.62. The number of rotatable bonds is 5. The standard InChI is InChI=1S/C20H21ClN5P/c1-27(2)18-6-4-3-5-17(18)25-19-16(21)12-23-20(26-19)24-15-8-7-13-10-22-11-14(13)9-15/h3-9,12,22H,10-11H2,1-2H3,(H2,23,24,25,26). The quantitative estimate of drug-likeness (QED) is 0.550. The second kappa shape index (κ2) is 7.81. The number of hydrogen-bond donors (Lipinski definition) is 3. The van der Waals surface area contributed by atoms with Crippen LogP contribution in [0, 0.1) is 0 Å². The summed E-state index contributed by atoms with van der Waals surface area (Å²) >= 11 is 6.34. The molecule has 7 heteroatoms. The Morgan fingerprint density at radius 3 is 2.70 bits per heavy atom. The van der Waals surface area contributed by atoms with Gasteiger partial charge in [0.2, 0.25) is 5.95 Å². The molecule has 5 nitrogen and oxygen atoms in total. The third kappa shape index (κ3) is 4.06. The number of benzene rings is 2. The highest BCUT2D eigenvalue weighted by atomic mass is 35.5. The second-order valence-electron chi connectivity index (χ2n) is 6.64. The third-order valence-corrected chi connectivity index (χ3v) is 6.11. The van der Waals surface area contributed by atoms with Crippen molar-refractivity contribution in [3.05, 3.63) is 64.8 Å². The van der Waals surface area contributed by atoms with E-state index in [0.29, 0.717) is 16.8 Å². The van der Waals surface area contributed by atoms with Crippen molar-refractivity contribution in [1.82, 2.24) is 15.3 Å². The Balaban J connectivity index is 1.59. The van der Waals surface area contributed by atoms with Gasteiger partial charge < -0.3 is 16.0 Å². The Labute approximate surface area is 165 Å². The van der Waals surface area contributed by atoms with Crippen LogP contribution in [0.5, 0.6) is 0 Å². The molecule has 2 aromatic carbocycles. The van der Waals surface area contributed by atoms with Gasteiger partial charge in [-0.1, -0.05) is 43.8 Å². The molecule has 0 amide bonds.